The third-order valence-electron chi connectivity index (χ3n) is 3.19. The van der Waals surface area contributed by atoms with Crippen molar-refractivity contribution in [2.75, 3.05) is 5.32 Å². The van der Waals surface area contributed by atoms with E-state index < -0.39 is 6.10 Å². The van der Waals surface area contributed by atoms with E-state index in [1.165, 1.54) is 0 Å². The van der Waals surface area contributed by atoms with Crippen LogP contribution in [-0.4, -0.2) is 11.0 Å². The molecular formula is C16H15Br2NO2. The first-order valence-electron chi connectivity index (χ1n) is 6.43. The van der Waals surface area contributed by atoms with E-state index in [0.29, 0.717) is 11.3 Å². The van der Waals surface area contributed by atoms with Crippen molar-refractivity contribution in [1.82, 2.24) is 0 Å². The summed E-state index contributed by atoms with van der Waals surface area (Å²) in [5.74, 6) is -0.179. The number of rotatable bonds is 3. The number of aliphatic hydroxyl groups is 1. The van der Waals surface area contributed by atoms with Crippen molar-refractivity contribution in [2.45, 2.75) is 20.0 Å². The monoisotopic (exact) mass is 411 g/mol. The van der Waals surface area contributed by atoms with Gasteiger partial charge in [-0.15, -0.1) is 0 Å². The van der Waals surface area contributed by atoms with Crippen molar-refractivity contribution >= 4 is 43.5 Å². The van der Waals surface area contributed by atoms with Crippen LogP contribution in [0.1, 0.15) is 34.5 Å². The second-order valence-corrected chi connectivity index (χ2v) is 6.53. The van der Waals surface area contributed by atoms with Crippen LogP contribution in [0, 0.1) is 6.92 Å². The Morgan fingerprint density at radius 1 is 1.14 bits per heavy atom. The quantitative estimate of drug-likeness (QED) is 0.758. The molecular weight excluding hydrogens is 398 g/mol. The number of carbonyl (C=O) groups is 1. The molecule has 0 unspecified atom stereocenters. The molecule has 0 saturated heterocycles. The molecule has 2 rings (SSSR count). The minimum atomic E-state index is -0.515. The SMILES string of the molecule is Cc1c(Br)cc(C(=O)Nc2ccc([C@@H](C)O)cc2)cc1Br. The maximum atomic E-state index is 12.2. The molecule has 1 atom stereocenters. The number of carbonyl (C=O) groups excluding carboxylic acids is 1. The lowest BCUT2D eigenvalue weighted by Gasteiger charge is -2.10. The van der Waals surface area contributed by atoms with Crippen LogP contribution in [0.5, 0.6) is 0 Å². The maximum Gasteiger partial charge on any atom is 0.255 e. The normalized spacial score (nSPS) is 12.0. The van der Waals surface area contributed by atoms with Crippen molar-refractivity contribution in [3.8, 4) is 0 Å². The van der Waals surface area contributed by atoms with Crippen LogP contribution >= 0.6 is 31.9 Å². The molecule has 0 bridgehead atoms. The molecule has 0 aromatic heterocycles. The van der Waals surface area contributed by atoms with E-state index in [1.54, 1.807) is 43.3 Å². The largest absolute Gasteiger partial charge is 0.389 e. The molecule has 0 heterocycles. The van der Waals surface area contributed by atoms with Crippen LogP contribution in [0.3, 0.4) is 0 Å². The number of benzene rings is 2. The van der Waals surface area contributed by atoms with Gasteiger partial charge in [-0.1, -0.05) is 44.0 Å². The van der Waals surface area contributed by atoms with Gasteiger partial charge in [0.05, 0.1) is 6.10 Å². The van der Waals surface area contributed by atoms with Gasteiger partial charge in [-0.3, -0.25) is 4.79 Å². The Balaban J connectivity index is 2.18. The number of amides is 1. The standard InChI is InChI=1S/C16H15Br2NO2/c1-9-14(17)7-12(8-15(9)18)16(21)19-13-5-3-11(4-6-13)10(2)20/h3-8,10,20H,1-2H3,(H,19,21)/t10-/m1/s1. The Labute approximate surface area is 140 Å². The van der Waals surface area contributed by atoms with Gasteiger partial charge in [-0.2, -0.15) is 0 Å². The molecule has 0 aliphatic heterocycles. The fourth-order valence-electron chi connectivity index (χ4n) is 1.82. The Morgan fingerprint density at radius 3 is 2.14 bits per heavy atom. The van der Waals surface area contributed by atoms with E-state index in [9.17, 15) is 9.90 Å². The molecule has 2 N–H and O–H groups in total. The summed E-state index contributed by atoms with van der Waals surface area (Å²) in [6.07, 6.45) is -0.515. The number of anilines is 1. The summed E-state index contributed by atoms with van der Waals surface area (Å²) in [7, 11) is 0. The first-order chi connectivity index (χ1) is 9.88. The number of halogens is 2. The summed E-state index contributed by atoms with van der Waals surface area (Å²) in [4.78, 5) is 12.2. The molecule has 0 aliphatic rings. The zero-order chi connectivity index (χ0) is 15.6. The number of aliphatic hydroxyl groups excluding tert-OH is 1. The van der Waals surface area contributed by atoms with Crippen LogP contribution in [0.15, 0.2) is 45.3 Å². The molecule has 0 aliphatic carbocycles. The third-order valence-corrected chi connectivity index (χ3v) is 4.84. The molecule has 0 spiro atoms. The summed E-state index contributed by atoms with van der Waals surface area (Å²) in [6, 6.07) is 10.7. The van der Waals surface area contributed by atoms with Crippen molar-refractivity contribution in [2.24, 2.45) is 0 Å². The van der Waals surface area contributed by atoms with Gasteiger partial charge in [0.2, 0.25) is 0 Å². The predicted octanol–water partition coefficient (Wildman–Crippen LogP) is 4.83. The minimum absolute atomic E-state index is 0.179. The first-order valence-corrected chi connectivity index (χ1v) is 8.02. The molecule has 0 radical (unpaired) electrons. The minimum Gasteiger partial charge on any atom is -0.389 e. The Kier molecular flexibility index (Phi) is 5.19. The van der Waals surface area contributed by atoms with Crippen molar-refractivity contribution in [1.29, 1.82) is 0 Å². The van der Waals surface area contributed by atoms with Gasteiger partial charge in [0, 0.05) is 20.2 Å². The summed E-state index contributed by atoms with van der Waals surface area (Å²) >= 11 is 6.88. The Morgan fingerprint density at radius 2 is 1.67 bits per heavy atom. The lowest BCUT2D eigenvalue weighted by Crippen LogP contribution is -2.12. The highest BCUT2D eigenvalue weighted by Gasteiger charge is 2.11. The molecule has 0 saturated carbocycles. The topological polar surface area (TPSA) is 49.3 Å². The van der Waals surface area contributed by atoms with E-state index in [4.69, 9.17) is 0 Å². The molecule has 21 heavy (non-hydrogen) atoms. The van der Waals surface area contributed by atoms with Gasteiger partial charge in [0.15, 0.2) is 0 Å². The second-order valence-electron chi connectivity index (χ2n) is 4.82. The van der Waals surface area contributed by atoms with Crippen LogP contribution < -0.4 is 5.32 Å². The van der Waals surface area contributed by atoms with E-state index in [2.05, 4.69) is 37.2 Å². The Hall–Kier alpha value is -1.17. The van der Waals surface area contributed by atoms with Gasteiger partial charge in [0.25, 0.3) is 5.91 Å². The zero-order valence-corrected chi connectivity index (χ0v) is 14.8. The second kappa shape index (κ2) is 6.73. The van der Waals surface area contributed by atoms with Gasteiger partial charge < -0.3 is 10.4 Å². The van der Waals surface area contributed by atoms with E-state index in [1.807, 2.05) is 6.92 Å². The highest BCUT2D eigenvalue weighted by atomic mass is 79.9. The van der Waals surface area contributed by atoms with E-state index >= 15 is 0 Å². The molecule has 0 fully saturated rings. The van der Waals surface area contributed by atoms with Crippen LogP contribution in [0.25, 0.3) is 0 Å². The molecule has 1 amide bonds. The van der Waals surface area contributed by atoms with E-state index in [-0.39, 0.29) is 5.91 Å². The fourth-order valence-corrected chi connectivity index (χ4v) is 3.01. The third kappa shape index (κ3) is 3.93. The van der Waals surface area contributed by atoms with E-state index in [0.717, 1.165) is 20.1 Å². The number of nitrogens with one attached hydrogen (secondary N) is 1. The van der Waals surface area contributed by atoms with Gasteiger partial charge in [-0.25, -0.2) is 0 Å². The lowest BCUT2D eigenvalue weighted by molar-refractivity contribution is 0.102. The molecule has 2 aromatic carbocycles. The van der Waals surface area contributed by atoms with Crippen LogP contribution in [0.4, 0.5) is 5.69 Å². The Bertz CT molecular complexity index is 643. The summed E-state index contributed by atoms with van der Waals surface area (Å²) in [5, 5.41) is 12.3. The smallest absolute Gasteiger partial charge is 0.255 e. The van der Waals surface area contributed by atoms with Crippen molar-refractivity contribution < 1.29 is 9.90 Å². The number of hydrogen-bond donors (Lipinski definition) is 2. The van der Waals surface area contributed by atoms with Gasteiger partial charge >= 0.3 is 0 Å². The van der Waals surface area contributed by atoms with Crippen molar-refractivity contribution in [3.05, 3.63) is 62.0 Å². The lowest BCUT2D eigenvalue weighted by atomic mass is 10.1. The zero-order valence-electron chi connectivity index (χ0n) is 11.7. The van der Waals surface area contributed by atoms with Gasteiger partial charge in [-0.05, 0) is 49.2 Å². The van der Waals surface area contributed by atoms with Crippen LogP contribution in [-0.2, 0) is 0 Å². The molecule has 2 aromatic rings. The maximum absolute atomic E-state index is 12.2. The molecule has 5 heteroatoms. The number of hydrogen-bond acceptors (Lipinski definition) is 2. The highest BCUT2D eigenvalue weighted by Crippen LogP contribution is 2.27. The summed E-state index contributed by atoms with van der Waals surface area (Å²) in [5.41, 5.74) is 3.12. The molecule has 3 nitrogen and oxygen atoms in total. The van der Waals surface area contributed by atoms with Gasteiger partial charge in [0.1, 0.15) is 0 Å². The average molecular weight is 413 g/mol. The predicted molar refractivity (Wildman–Crippen MR) is 91.6 cm³/mol. The van der Waals surface area contributed by atoms with Crippen molar-refractivity contribution in [3.63, 3.8) is 0 Å². The average Bonchev–Trinajstić information content (AvgIpc) is 2.44. The summed E-state index contributed by atoms with van der Waals surface area (Å²) < 4.78 is 1.76. The van der Waals surface area contributed by atoms with Crippen LogP contribution in [0.2, 0.25) is 0 Å². The first kappa shape index (κ1) is 16.2. The summed E-state index contributed by atoms with van der Waals surface area (Å²) in [6.45, 7) is 3.67. The molecule has 110 valence electrons. The fraction of sp³-hybridized carbons (Fsp3) is 0.188. The highest BCUT2D eigenvalue weighted by molar-refractivity contribution is 9.11.